The molecule has 0 unspecified atom stereocenters. The number of nitrogens with one attached hydrogen (secondary N) is 1. The maximum atomic E-state index is 15.0. The van der Waals surface area contributed by atoms with E-state index in [1.165, 1.54) is 18.5 Å². The van der Waals surface area contributed by atoms with E-state index in [0.717, 1.165) is 22.8 Å². The molecule has 1 aliphatic rings. The number of fused-ring (bicyclic) bond motifs is 6. The van der Waals surface area contributed by atoms with Gasteiger partial charge in [-0.3, -0.25) is 4.40 Å². The fourth-order valence-electron chi connectivity index (χ4n) is 5.28. The Labute approximate surface area is 233 Å². The molecule has 0 saturated carbocycles. The molecular formula is C29H26F3N7O2. The van der Waals surface area contributed by atoms with Crippen molar-refractivity contribution in [1.29, 1.82) is 0 Å². The monoisotopic (exact) mass is 561 g/mol. The Morgan fingerprint density at radius 1 is 1.05 bits per heavy atom. The van der Waals surface area contributed by atoms with Crippen molar-refractivity contribution in [3.8, 4) is 0 Å². The van der Waals surface area contributed by atoms with Gasteiger partial charge in [0.1, 0.15) is 30.4 Å². The molecule has 0 aliphatic carbocycles. The number of nitrogens with zero attached hydrogens (tertiary/aromatic N) is 6. The van der Waals surface area contributed by atoms with Crippen molar-refractivity contribution < 1.29 is 22.7 Å². The lowest BCUT2D eigenvalue weighted by Gasteiger charge is -2.30. The van der Waals surface area contributed by atoms with Gasteiger partial charge < -0.3 is 15.0 Å². The first-order chi connectivity index (χ1) is 19.8. The third kappa shape index (κ3) is 4.90. The van der Waals surface area contributed by atoms with E-state index in [1.54, 1.807) is 23.1 Å². The van der Waals surface area contributed by atoms with E-state index >= 15 is 0 Å². The van der Waals surface area contributed by atoms with Gasteiger partial charge in [0.15, 0.2) is 11.3 Å². The summed E-state index contributed by atoms with van der Waals surface area (Å²) in [6, 6.07) is 12.7. The lowest BCUT2D eigenvalue weighted by atomic mass is 9.97. The molecule has 4 heterocycles. The summed E-state index contributed by atoms with van der Waals surface area (Å²) in [5.74, 6) is -0.0786. The Morgan fingerprint density at radius 2 is 1.83 bits per heavy atom. The van der Waals surface area contributed by atoms with Crippen molar-refractivity contribution in [2.75, 3.05) is 11.9 Å². The van der Waals surface area contributed by atoms with Gasteiger partial charge >= 0.3 is 6.09 Å². The second-order valence-corrected chi connectivity index (χ2v) is 9.93. The number of hydrogen-bond acceptors (Lipinski definition) is 7. The van der Waals surface area contributed by atoms with Gasteiger partial charge in [-0.05, 0) is 31.4 Å². The lowest BCUT2D eigenvalue weighted by Crippen LogP contribution is -2.37. The second-order valence-electron chi connectivity index (χ2n) is 9.93. The van der Waals surface area contributed by atoms with E-state index in [4.69, 9.17) is 4.74 Å². The van der Waals surface area contributed by atoms with Gasteiger partial charge in [-0.2, -0.15) is 0 Å². The number of halogens is 3. The van der Waals surface area contributed by atoms with Gasteiger partial charge in [-0.25, -0.2) is 27.9 Å². The fraction of sp³-hybridized carbons (Fsp3) is 0.276. The van der Waals surface area contributed by atoms with Crippen LogP contribution in [0.5, 0.6) is 0 Å². The van der Waals surface area contributed by atoms with E-state index in [-0.39, 0.29) is 18.7 Å². The Balaban J connectivity index is 1.37. The van der Waals surface area contributed by atoms with E-state index in [1.807, 2.05) is 30.3 Å². The van der Waals surface area contributed by atoms with E-state index in [9.17, 15) is 18.0 Å². The number of hydrogen-bond donors (Lipinski definition) is 1. The third-order valence-electron chi connectivity index (χ3n) is 7.27. The van der Waals surface area contributed by atoms with Crippen LogP contribution in [0.4, 0.5) is 23.8 Å². The number of anilines is 1. The lowest BCUT2D eigenvalue weighted by molar-refractivity contribution is 0.0920. The second kappa shape index (κ2) is 10.7. The molecule has 6 rings (SSSR count). The normalized spacial score (nSPS) is 14.0. The highest BCUT2D eigenvalue weighted by molar-refractivity contribution is 5.94. The summed E-state index contributed by atoms with van der Waals surface area (Å²) in [6.45, 7) is 4.19. The van der Waals surface area contributed by atoms with Gasteiger partial charge in [0.25, 0.3) is 6.43 Å². The fourth-order valence-corrected chi connectivity index (χ4v) is 5.28. The quantitative estimate of drug-likeness (QED) is 0.275. The number of carbonyl (C=O) groups is 1. The molecule has 0 fully saturated rings. The molecule has 0 radical (unpaired) electrons. The van der Waals surface area contributed by atoms with Crippen molar-refractivity contribution in [2.24, 2.45) is 0 Å². The number of aryl methyl sites for hydroxylation is 1. The minimum atomic E-state index is -2.93. The summed E-state index contributed by atoms with van der Waals surface area (Å²) in [4.78, 5) is 23.9. The van der Waals surface area contributed by atoms with Crippen LogP contribution in [0.25, 0.3) is 16.7 Å². The topological polar surface area (TPSA) is 97.5 Å². The van der Waals surface area contributed by atoms with Crippen molar-refractivity contribution >= 4 is 28.6 Å². The average molecular weight is 562 g/mol. The van der Waals surface area contributed by atoms with E-state index in [2.05, 4.69) is 25.5 Å². The first-order valence-electron chi connectivity index (χ1n) is 13.1. The zero-order valence-corrected chi connectivity index (χ0v) is 22.3. The summed E-state index contributed by atoms with van der Waals surface area (Å²) < 4.78 is 49.0. The molecule has 2 aromatic carbocycles. The summed E-state index contributed by atoms with van der Waals surface area (Å²) in [5, 5.41) is 12.3. The molecule has 9 nitrogen and oxygen atoms in total. The predicted molar refractivity (Wildman–Crippen MR) is 145 cm³/mol. The van der Waals surface area contributed by atoms with Crippen LogP contribution in [0.1, 0.15) is 53.0 Å². The van der Waals surface area contributed by atoms with Gasteiger partial charge in [-0.15, -0.1) is 10.2 Å². The number of benzene rings is 2. The Bertz CT molecular complexity index is 1760. The molecule has 0 saturated heterocycles. The van der Waals surface area contributed by atoms with Gasteiger partial charge in [-0.1, -0.05) is 48.5 Å². The number of carbonyl (C=O) groups excluding carboxylic acids is 1. The maximum Gasteiger partial charge on any atom is 0.410 e. The smallest absolute Gasteiger partial charge is 0.410 e. The molecule has 210 valence electrons. The number of aromatic nitrogens is 5. The molecule has 12 heteroatoms. The zero-order valence-electron chi connectivity index (χ0n) is 22.3. The van der Waals surface area contributed by atoms with Crippen LogP contribution >= 0.6 is 0 Å². The molecule has 3 aromatic heterocycles. The summed E-state index contributed by atoms with van der Waals surface area (Å²) in [7, 11) is 0. The van der Waals surface area contributed by atoms with Gasteiger partial charge in [0.05, 0.1) is 23.5 Å². The van der Waals surface area contributed by atoms with Crippen LogP contribution in [0.3, 0.4) is 0 Å². The van der Waals surface area contributed by atoms with Crippen molar-refractivity contribution in [3.63, 3.8) is 0 Å². The average Bonchev–Trinajstić information content (AvgIpc) is 3.47. The third-order valence-corrected chi connectivity index (χ3v) is 7.27. The molecule has 0 bridgehead atoms. The van der Waals surface area contributed by atoms with Crippen LogP contribution < -0.4 is 5.32 Å². The first kappa shape index (κ1) is 26.5. The van der Waals surface area contributed by atoms with Gasteiger partial charge in [0.2, 0.25) is 0 Å². The summed E-state index contributed by atoms with van der Waals surface area (Å²) in [5.41, 5.74) is 3.09. The predicted octanol–water partition coefficient (Wildman–Crippen LogP) is 5.93. The van der Waals surface area contributed by atoms with Gasteiger partial charge in [0, 0.05) is 17.7 Å². The van der Waals surface area contributed by atoms with Crippen LogP contribution in [0.15, 0.2) is 54.9 Å². The SMILES string of the molecule is Cc1nc(N[C@H](C)c2cccc(C(F)F)c2F)c2c3c(c4nncn4c2n1)CN(C(=O)OCc1ccccc1)CC3. The Morgan fingerprint density at radius 3 is 2.61 bits per heavy atom. The zero-order chi connectivity index (χ0) is 28.7. The van der Waals surface area contributed by atoms with E-state index in [0.29, 0.717) is 41.3 Å². The van der Waals surface area contributed by atoms with Crippen LogP contribution in [0, 0.1) is 12.7 Å². The van der Waals surface area contributed by atoms with Crippen molar-refractivity contribution in [3.05, 3.63) is 94.3 Å². The number of pyridine rings is 1. The number of rotatable bonds is 6. The Hall–Kier alpha value is -4.74. The molecule has 1 aliphatic heterocycles. The first-order valence-corrected chi connectivity index (χ1v) is 13.1. The number of amides is 1. The van der Waals surface area contributed by atoms with Crippen LogP contribution in [-0.4, -0.2) is 42.1 Å². The van der Waals surface area contributed by atoms with Crippen molar-refractivity contribution in [1.82, 2.24) is 29.5 Å². The highest BCUT2D eigenvalue weighted by Gasteiger charge is 2.29. The molecule has 41 heavy (non-hydrogen) atoms. The number of alkyl halides is 2. The molecule has 1 atom stereocenters. The maximum absolute atomic E-state index is 15.0. The summed E-state index contributed by atoms with van der Waals surface area (Å²) in [6.07, 6.45) is -1.38. The molecular weight excluding hydrogens is 535 g/mol. The number of ether oxygens (including phenoxy) is 1. The molecule has 0 spiro atoms. The molecule has 1 amide bonds. The van der Waals surface area contributed by atoms with E-state index < -0.39 is 29.9 Å². The highest BCUT2D eigenvalue weighted by atomic mass is 19.3. The molecule has 5 aromatic rings. The largest absolute Gasteiger partial charge is 0.445 e. The minimum Gasteiger partial charge on any atom is -0.445 e. The standard InChI is InChI=1S/C29H26F3N7O2/c1-16(19-9-6-10-21(24(19)30)25(31)32)34-26-23-20-11-12-38(29(40)41-14-18-7-4-3-5-8-18)13-22(20)27-37-33-15-39(27)28(23)36-17(2)35-26/h3-10,15-16,25H,11-14H2,1-2H3,(H,34,35,36)/t16-/m1/s1. The minimum absolute atomic E-state index is 0.0961. The summed E-state index contributed by atoms with van der Waals surface area (Å²) >= 11 is 0. The van der Waals surface area contributed by atoms with Crippen molar-refractivity contribution in [2.45, 2.75) is 45.9 Å². The highest BCUT2D eigenvalue weighted by Crippen LogP contribution is 2.36. The van der Waals surface area contributed by atoms with Crippen LogP contribution in [-0.2, 0) is 24.3 Å². The Kier molecular flexibility index (Phi) is 6.90. The van der Waals surface area contributed by atoms with Crippen LogP contribution in [0.2, 0.25) is 0 Å². The molecule has 1 N–H and O–H groups in total.